The molecular weight excluding hydrogens is 252 g/mol. The molecule has 1 aromatic carbocycles. The maximum absolute atomic E-state index is 11.7. The van der Waals surface area contributed by atoms with E-state index in [2.05, 4.69) is 15.2 Å². The second-order valence-electron chi connectivity index (χ2n) is 5.01. The molecule has 0 bridgehead atoms. The number of nitrogens with one attached hydrogen (secondary N) is 1. The third-order valence-electron chi connectivity index (χ3n) is 3.61. The smallest absolute Gasteiger partial charge is 0.252 e. The normalized spacial score (nSPS) is 16.1. The van der Waals surface area contributed by atoms with E-state index >= 15 is 0 Å². The molecule has 2 aromatic rings. The summed E-state index contributed by atoms with van der Waals surface area (Å²) in [5.41, 5.74) is 6.93. The molecule has 5 nitrogen and oxygen atoms in total. The van der Waals surface area contributed by atoms with Gasteiger partial charge in [0.25, 0.3) is 5.91 Å². The highest BCUT2D eigenvalue weighted by atomic mass is 16.1. The van der Waals surface area contributed by atoms with Gasteiger partial charge in [-0.15, -0.1) is 0 Å². The molecule has 3 rings (SSSR count). The first-order valence-corrected chi connectivity index (χ1v) is 6.91. The van der Waals surface area contributed by atoms with Gasteiger partial charge in [-0.1, -0.05) is 18.2 Å². The molecule has 2 heterocycles. The molecule has 0 unspecified atom stereocenters. The molecule has 1 amide bonds. The molecule has 1 fully saturated rings. The topological polar surface area (TPSA) is 71.2 Å². The monoisotopic (exact) mass is 270 g/mol. The lowest BCUT2D eigenvalue weighted by Gasteiger charge is -2.23. The lowest BCUT2D eigenvalue weighted by atomic mass is 10.1. The first kappa shape index (κ1) is 12.9. The highest BCUT2D eigenvalue weighted by molar-refractivity contribution is 6.01. The predicted octanol–water partition coefficient (Wildman–Crippen LogP) is 1.13. The predicted molar refractivity (Wildman–Crippen MR) is 80.0 cm³/mol. The third kappa shape index (κ3) is 2.44. The number of hydrogen-bond donors (Lipinski definition) is 2. The van der Waals surface area contributed by atoms with E-state index in [4.69, 9.17) is 5.73 Å². The van der Waals surface area contributed by atoms with Gasteiger partial charge in [-0.2, -0.15) is 0 Å². The second kappa shape index (κ2) is 5.46. The van der Waals surface area contributed by atoms with Crippen molar-refractivity contribution in [3.8, 4) is 0 Å². The van der Waals surface area contributed by atoms with Gasteiger partial charge in [0.15, 0.2) is 0 Å². The van der Waals surface area contributed by atoms with Gasteiger partial charge in [-0.25, -0.2) is 4.98 Å². The van der Waals surface area contributed by atoms with Crippen molar-refractivity contribution in [3.63, 3.8) is 0 Å². The number of nitrogens with two attached hydrogens (primary N) is 1. The van der Waals surface area contributed by atoms with Gasteiger partial charge in [0.2, 0.25) is 0 Å². The Morgan fingerprint density at radius 1 is 1.25 bits per heavy atom. The van der Waals surface area contributed by atoms with Crippen LogP contribution in [-0.4, -0.2) is 37.1 Å². The van der Waals surface area contributed by atoms with Crippen LogP contribution in [0.5, 0.6) is 0 Å². The molecular formula is C15H18N4O. The maximum Gasteiger partial charge on any atom is 0.252 e. The Morgan fingerprint density at radius 3 is 2.95 bits per heavy atom. The van der Waals surface area contributed by atoms with Crippen molar-refractivity contribution in [3.05, 3.63) is 35.9 Å². The lowest BCUT2D eigenvalue weighted by Crippen LogP contribution is -2.31. The van der Waals surface area contributed by atoms with Gasteiger partial charge in [-0.3, -0.25) is 4.79 Å². The summed E-state index contributed by atoms with van der Waals surface area (Å²) in [5.74, 6) is 0.287. The summed E-state index contributed by atoms with van der Waals surface area (Å²) < 4.78 is 0. The van der Waals surface area contributed by atoms with E-state index in [9.17, 15) is 4.79 Å². The number of amides is 1. The van der Waals surface area contributed by atoms with Crippen LogP contribution in [0.4, 0.5) is 5.82 Å². The number of aromatic nitrogens is 1. The lowest BCUT2D eigenvalue weighted by molar-refractivity contribution is 0.100. The van der Waals surface area contributed by atoms with Crippen LogP contribution in [0.2, 0.25) is 0 Å². The number of nitrogens with zero attached hydrogens (tertiary/aromatic N) is 2. The first-order chi connectivity index (χ1) is 9.75. The number of carbonyl (C=O) groups excluding carboxylic acids is 1. The molecule has 0 spiro atoms. The van der Waals surface area contributed by atoms with E-state index in [0.717, 1.165) is 43.5 Å². The van der Waals surface area contributed by atoms with Crippen molar-refractivity contribution < 1.29 is 4.79 Å². The van der Waals surface area contributed by atoms with E-state index in [1.807, 2.05) is 30.3 Å². The summed E-state index contributed by atoms with van der Waals surface area (Å²) in [5, 5.41) is 4.29. The van der Waals surface area contributed by atoms with E-state index < -0.39 is 5.91 Å². The van der Waals surface area contributed by atoms with Crippen LogP contribution in [0.25, 0.3) is 10.9 Å². The standard InChI is InChI=1S/C15H18N4O/c16-14(20)12-10-11-4-1-2-5-13(11)18-15(12)19-8-3-6-17-7-9-19/h1-2,4-5,10,17H,3,6-9H2,(H2,16,20). The third-order valence-corrected chi connectivity index (χ3v) is 3.61. The Labute approximate surface area is 117 Å². The van der Waals surface area contributed by atoms with Crippen molar-refractivity contribution in [2.45, 2.75) is 6.42 Å². The molecule has 1 aliphatic rings. The van der Waals surface area contributed by atoms with E-state index in [1.165, 1.54) is 0 Å². The van der Waals surface area contributed by atoms with Crippen LogP contribution in [0.15, 0.2) is 30.3 Å². The average Bonchev–Trinajstić information content (AvgIpc) is 2.74. The summed E-state index contributed by atoms with van der Waals surface area (Å²) in [6.07, 6.45) is 1.03. The van der Waals surface area contributed by atoms with Gasteiger partial charge in [-0.05, 0) is 25.1 Å². The second-order valence-corrected chi connectivity index (χ2v) is 5.01. The molecule has 0 aliphatic carbocycles. The zero-order chi connectivity index (χ0) is 13.9. The average molecular weight is 270 g/mol. The van der Waals surface area contributed by atoms with Crippen molar-refractivity contribution >= 4 is 22.6 Å². The van der Waals surface area contributed by atoms with Gasteiger partial charge >= 0.3 is 0 Å². The fourth-order valence-electron chi connectivity index (χ4n) is 2.59. The summed E-state index contributed by atoms with van der Waals surface area (Å²) in [7, 11) is 0. The fourth-order valence-corrected chi connectivity index (χ4v) is 2.59. The Morgan fingerprint density at radius 2 is 2.10 bits per heavy atom. The number of para-hydroxylation sites is 1. The highest BCUT2D eigenvalue weighted by Gasteiger charge is 2.18. The summed E-state index contributed by atoms with van der Waals surface area (Å²) >= 11 is 0. The molecule has 5 heteroatoms. The van der Waals surface area contributed by atoms with Crippen LogP contribution in [0.3, 0.4) is 0 Å². The number of rotatable bonds is 2. The van der Waals surface area contributed by atoms with Crippen LogP contribution >= 0.6 is 0 Å². The number of hydrogen-bond acceptors (Lipinski definition) is 4. The van der Waals surface area contributed by atoms with Gasteiger partial charge in [0, 0.05) is 25.0 Å². The van der Waals surface area contributed by atoms with Crippen LogP contribution in [0.1, 0.15) is 16.8 Å². The number of pyridine rings is 1. The SMILES string of the molecule is NC(=O)c1cc2ccccc2nc1N1CCCNCC1. The van der Waals surface area contributed by atoms with Crippen molar-refractivity contribution in [1.29, 1.82) is 0 Å². The van der Waals surface area contributed by atoms with E-state index in [-0.39, 0.29) is 0 Å². The van der Waals surface area contributed by atoms with Crippen molar-refractivity contribution in [2.75, 3.05) is 31.1 Å². The molecule has 0 atom stereocenters. The number of benzene rings is 1. The summed E-state index contributed by atoms with van der Waals surface area (Å²) in [6.45, 7) is 3.62. The Bertz CT molecular complexity index is 633. The maximum atomic E-state index is 11.7. The molecule has 3 N–H and O–H groups in total. The van der Waals surface area contributed by atoms with Crippen molar-refractivity contribution in [2.24, 2.45) is 5.73 Å². The minimum Gasteiger partial charge on any atom is -0.365 e. The largest absolute Gasteiger partial charge is 0.365 e. The van der Waals surface area contributed by atoms with E-state index in [1.54, 1.807) is 0 Å². The molecule has 0 radical (unpaired) electrons. The first-order valence-electron chi connectivity index (χ1n) is 6.91. The fraction of sp³-hybridized carbons (Fsp3) is 0.333. The minimum absolute atomic E-state index is 0.421. The molecule has 20 heavy (non-hydrogen) atoms. The molecule has 1 saturated heterocycles. The number of anilines is 1. The van der Waals surface area contributed by atoms with E-state index in [0.29, 0.717) is 11.4 Å². The Kier molecular flexibility index (Phi) is 3.52. The quantitative estimate of drug-likeness (QED) is 0.858. The molecule has 104 valence electrons. The number of carbonyl (C=O) groups is 1. The van der Waals surface area contributed by atoms with Crippen LogP contribution in [0, 0.1) is 0 Å². The van der Waals surface area contributed by atoms with Crippen LogP contribution < -0.4 is 16.0 Å². The zero-order valence-corrected chi connectivity index (χ0v) is 11.3. The Balaban J connectivity index is 2.11. The van der Waals surface area contributed by atoms with Gasteiger partial charge in [0.05, 0.1) is 11.1 Å². The van der Waals surface area contributed by atoms with Crippen LogP contribution in [-0.2, 0) is 0 Å². The van der Waals surface area contributed by atoms with Crippen molar-refractivity contribution in [1.82, 2.24) is 10.3 Å². The highest BCUT2D eigenvalue weighted by Crippen LogP contribution is 2.23. The van der Waals surface area contributed by atoms with Gasteiger partial charge in [0.1, 0.15) is 5.82 Å². The molecule has 1 aliphatic heterocycles. The Hall–Kier alpha value is -2.14. The summed E-state index contributed by atoms with van der Waals surface area (Å²) in [6, 6.07) is 9.64. The number of primary amides is 1. The summed E-state index contributed by atoms with van der Waals surface area (Å²) in [4.78, 5) is 18.5. The molecule has 1 aromatic heterocycles. The van der Waals surface area contributed by atoms with Gasteiger partial charge < -0.3 is 16.0 Å². The number of fused-ring (bicyclic) bond motifs is 1. The minimum atomic E-state index is -0.421. The zero-order valence-electron chi connectivity index (χ0n) is 11.3. The molecule has 0 saturated carbocycles.